The fourth-order valence-corrected chi connectivity index (χ4v) is 4.30. The van der Waals surface area contributed by atoms with Gasteiger partial charge in [0, 0.05) is 44.8 Å². The summed E-state index contributed by atoms with van der Waals surface area (Å²) >= 11 is 0. The highest BCUT2D eigenvalue weighted by Crippen LogP contribution is 2.18. The molecule has 8 heteroatoms. The highest BCUT2D eigenvalue weighted by Gasteiger charge is 2.23. The molecule has 2 unspecified atom stereocenters. The van der Waals surface area contributed by atoms with Gasteiger partial charge in [0.05, 0.1) is 12.2 Å². The zero-order valence-corrected chi connectivity index (χ0v) is 18.9. The van der Waals surface area contributed by atoms with E-state index in [1.54, 1.807) is 0 Å². The van der Waals surface area contributed by atoms with Gasteiger partial charge in [0.25, 0.3) is 0 Å². The van der Waals surface area contributed by atoms with E-state index < -0.39 is 0 Å². The average Bonchev–Trinajstić information content (AvgIpc) is 2.76. The van der Waals surface area contributed by atoms with Gasteiger partial charge in [-0.1, -0.05) is 25.3 Å². The van der Waals surface area contributed by atoms with Gasteiger partial charge in [0.2, 0.25) is 5.91 Å². The van der Waals surface area contributed by atoms with Crippen LogP contribution < -0.4 is 20.9 Å². The van der Waals surface area contributed by atoms with Crippen molar-refractivity contribution in [2.24, 2.45) is 0 Å². The van der Waals surface area contributed by atoms with Crippen molar-refractivity contribution in [2.45, 2.75) is 83.6 Å². The van der Waals surface area contributed by atoms with Crippen molar-refractivity contribution in [3.05, 3.63) is 23.9 Å². The van der Waals surface area contributed by atoms with Crippen molar-refractivity contribution in [2.75, 3.05) is 24.5 Å². The maximum atomic E-state index is 12.1. The zero-order chi connectivity index (χ0) is 22.1. The van der Waals surface area contributed by atoms with Gasteiger partial charge < -0.3 is 25.6 Å². The third kappa shape index (κ3) is 8.01. The number of ether oxygens (including phenoxy) is 1. The Bertz CT molecular complexity index is 696. The van der Waals surface area contributed by atoms with E-state index in [2.05, 4.69) is 39.7 Å². The Morgan fingerprint density at radius 2 is 1.84 bits per heavy atom. The van der Waals surface area contributed by atoms with E-state index in [9.17, 15) is 9.59 Å². The summed E-state index contributed by atoms with van der Waals surface area (Å²) < 4.78 is 5.77. The lowest BCUT2D eigenvalue weighted by atomic mass is 9.96. The average molecular weight is 432 g/mol. The molecule has 172 valence electrons. The molecule has 2 atom stereocenters. The maximum absolute atomic E-state index is 12.1. The summed E-state index contributed by atoms with van der Waals surface area (Å²) in [5.74, 6) is 0.920. The molecule has 2 aliphatic rings. The number of anilines is 1. The smallest absolute Gasteiger partial charge is 0.315 e. The Hall–Kier alpha value is -2.35. The van der Waals surface area contributed by atoms with Gasteiger partial charge in [-0.2, -0.15) is 0 Å². The lowest BCUT2D eigenvalue weighted by Crippen LogP contribution is -2.45. The molecule has 31 heavy (non-hydrogen) atoms. The van der Waals surface area contributed by atoms with Crippen LogP contribution in [0.5, 0.6) is 0 Å². The number of nitrogens with zero attached hydrogens (tertiary/aromatic N) is 2. The molecular formula is C23H37N5O3. The first-order valence-corrected chi connectivity index (χ1v) is 11.7. The summed E-state index contributed by atoms with van der Waals surface area (Å²) in [5.41, 5.74) is 0.969. The number of carbonyl (C=O) groups excluding carboxylic acids is 2. The van der Waals surface area contributed by atoms with E-state index in [1.807, 2.05) is 18.3 Å². The highest BCUT2D eigenvalue weighted by atomic mass is 16.5. The third-order valence-electron chi connectivity index (χ3n) is 5.85. The number of hydrogen-bond acceptors (Lipinski definition) is 5. The Labute approximate surface area is 185 Å². The summed E-state index contributed by atoms with van der Waals surface area (Å²) in [6.07, 6.45) is 8.98. The van der Waals surface area contributed by atoms with Crippen LogP contribution in [0.1, 0.15) is 64.4 Å². The summed E-state index contributed by atoms with van der Waals surface area (Å²) in [4.78, 5) is 30.8. The topological polar surface area (TPSA) is 95.6 Å². The molecule has 3 amide bonds. The summed E-state index contributed by atoms with van der Waals surface area (Å²) in [6, 6.07) is 4.18. The minimum absolute atomic E-state index is 0.0191. The second-order valence-electron chi connectivity index (χ2n) is 8.80. The van der Waals surface area contributed by atoms with Crippen LogP contribution in [-0.4, -0.2) is 54.8 Å². The van der Waals surface area contributed by atoms with E-state index in [-0.39, 0.29) is 24.1 Å². The van der Waals surface area contributed by atoms with E-state index in [0.29, 0.717) is 32.0 Å². The molecule has 1 aliphatic heterocycles. The molecule has 0 radical (unpaired) electrons. The molecule has 1 aromatic heterocycles. The highest BCUT2D eigenvalue weighted by molar-refractivity contribution is 5.76. The fraction of sp³-hybridized carbons (Fsp3) is 0.696. The second-order valence-corrected chi connectivity index (χ2v) is 8.80. The number of hydrogen-bond donors (Lipinski definition) is 3. The number of rotatable bonds is 8. The van der Waals surface area contributed by atoms with Crippen molar-refractivity contribution >= 4 is 17.8 Å². The molecule has 8 nitrogen and oxygen atoms in total. The normalized spacial score (nSPS) is 22.1. The molecule has 0 spiro atoms. The monoisotopic (exact) mass is 431 g/mol. The number of aromatic nitrogens is 1. The molecule has 0 aromatic carbocycles. The molecule has 1 aromatic rings. The molecule has 2 heterocycles. The Morgan fingerprint density at radius 1 is 1.10 bits per heavy atom. The van der Waals surface area contributed by atoms with Gasteiger partial charge in [-0.05, 0) is 44.7 Å². The summed E-state index contributed by atoms with van der Waals surface area (Å²) in [5, 5.41) is 8.79. The van der Waals surface area contributed by atoms with Crippen LogP contribution in [0.4, 0.5) is 10.6 Å². The second kappa shape index (κ2) is 11.9. The number of pyridine rings is 1. The van der Waals surface area contributed by atoms with Crippen LogP contribution >= 0.6 is 0 Å². The van der Waals surface area contributed by atoms with Crippen LogP contribution in [-0.2, 0) is 16.1 Å². The van der Waals surface area contributed by atoms with Crippen LogP contribution in [0, 0.1) is 0 Å². The molecule has 3 N–H and O–H groups in total. The van der Waals surface area contributed by atoms with Crippen molar-refractivity contribution in [1.82, 2.24) is 20.9 Å². The van der Waals surface area contributed by atoms with Crippen molar-refractivity contribution in [1.29, 1.82) is 0 Å². The zero-order valence-electron chi connectivity index (χ0n) is 18.9. The number of amides is 3. The van der Waals surface area contributed by atoms with Gasteiger partial charge in [-0.3, -0.25) is 4.79 Å². The standard InChI is InChI=1S/C23H37N5O3/c1-17-15-28(16-18(2)31-17)21-11-10-19(13-25-21)14-26-22(29)9-6-12-24-23(30)27-20-7-4-3-5-8-20/h10-11,13,17-18,20H,3-9,12,14-16H2,1-2H3,(H,26,29)(H2,24,27,30). The molecule has 1 saturated heterocycles. The molecule has 2 fully saturated rings. The van der Waals surface area contributed by atoms with Crippen LogP contribution in [0.15, 0.2) is 18.3 Å². The largest absolute Gasteiger partial charge is 0.372 e. The van der Waals surface area contributed by atoms with Crippen molar-refractivity contribution in [3.8, 4) is 0 Å². The molecular weight excluding hydrogens is 394 g/mol. The summed E-state index contributed by atoms with van der Waals surface area (Å²) in [6.45, 7) is 6.77. The predicted molar refractivity (Wildman–Crippen MR) is 121 cm³/mol. The van der Waals surface area contributed by atoms with Crippen molar-refractivity contribution in [3.63, 3.8) is 0 Å². The van der Waals surface area contributed by atoms with Gasteiger partial charge in [-0.25, -0.2) is 9.78 Å². The first-order valence-electron chi connectivity index (χ1n) is 11.7. The van der Waals surface area contributed by atoms with E-state index in [0.717, 1.165) is 37.3 Å². The first-order chi connectivity index (χ1) is 15.0. The molecule has 0 bridgehead atoms. The maximum Gasteiger partial charge on any atom is 0.315 e. The molecule has 1 saturated carbocycles. The summed E-state index contributed by atoms with van der Waals surface area (Å²) in [7, 11) is 0. The molecule has 1 aliphatic carbocycles. The van der Waals surface area contributed by atoms with Gasteiger partial charge >= 0.3 is 6.03 Å². The van der Waals surface area contributed by atoms with Crippen LogP contribution in [0.25, 0.3) is 0 Å². The SMILES string of the molecule is CC1CN(c2ccc(CNC(=O)CCCNC(=O)NC3CCCCC3)cn2)CC(C)O1. The lowest BCUT2D eigenvalue weighted by Gasteiger charge is -2.36. The number of urea groups is 1. The fourth-order valence-electron chi connectivity index (χ4n) is 4.30. The minimum Gasteiger partial charge on any atom is -0.372 e. The Kier molecular flexibility index (Phi) is 8.94. The third-order valence-corrected chi connectivity index (χ3v) is 5.85. The van der Waals surface area contributed by atoms with Gasteiger partial charge in [0.15, 0.2) is 0 Å². The van der Waals surface area contributed by atoms with Crippen LogP contribution in [0.2, 0.25) is 0 Å². The first kappa shape index (κ1) is 23.3. The number of carbonyl (C=O) groups is 2. The van der Waals surface area contributed by atoms with E-state index >= 15 is 0 Å². The Morgan fingerprint density at radius 3 is 2.52 bits per heavy atom. The van der Waals surface area contributed by atoms with Crippen LogP contribution in [0.3, 0.4) is 0 Å². The number of morpholine rings is 1. The predicted octanol–water partition coefficient (Wildman–Crippen LogP) is 2.72. The van der Waals surface area contributed by atoms with E-state index in [1.165, 1.54) is 19.3 Å². The minimum atomic E-state index is -0.123. The quantitative estimate of drug-likeness (QED) is 0.550. The van der Waals surface area contributed by atoms with Gasteiger partial charge in [-0.15, -0.1) is 0 Å². The Balaban J connectivity index is 1.29. The van der Waals surface area contributed by atoms with E-state index in [4.69, 9.17) is 4.74 Å². The van der Waals surface area contributed by atoms with Crippen molar-refractivity contribution < 1.29 is 14.3 Å². The van der Waals surface area contributed by atoms with Gasteiger partial charge in [0.1, 0.15) is 5.82 Å². The number of nitrogens with one attached hydrogen (secondary N) is 3. The molecule has 3 rings (SSSR count). The lowest BCUT2D eigenvalue weighted by molar-refractivity contribution is -0.121.